The molecule has 2 aromatic carbocycles. The highest BCUT2D eigenvalue weighted by Gasteiger charge is 2.22. The second kappa shape index (κ2) is 10.9. The molecule has 0 bridgehead atoms. The van der Waals surface area contributed by atoms with Gasteiger partial charge in [-0.15, -0.1) is 0 Å². The van der Waals surface area contributed by atoms with Crippen LogP contribution in [0.5, 0.6) is 0 Å². The fourth-order valence-electron chi connectivity index (χ4n) is 3.53. The van der Waals surface area contributed by atoms with Crippen LogP contribution in [0.4, 0.5) is 8.78 Å². The van der Waals surface area contributed by atoms with E-state index in [2.05, 4.69) is 16.9 Å². The van der Waals surface area contributed by atoms with Crippen molar-refractivity contribution < 1.29 is 13.6 Å². The van der Waals surface area contributed by atoms with Crippen molar-refractivity contribution >= 4 is 6.29 Å². The number of benzene rings is 2. The molecule has 0 atom stereocenters. The van der Waals surface area contributed by atoms with Gasteiger partial charge in [-0.25, -0.2) is 13.8 Å². The molecule has 4 nitrogen and oxygen atoms in total. The monoisotopic (exact) mass is 423 g/mol. The molecule has 1 aromatic heterocycles. The van der Waals surface area contributed by atoms with E-state index in [4.69, 9.17) is 4.98 Å². The standard InChI is InChI=1S/C22H21F2N3.C3H6O/c1-27-12-10-15(11-13-27)20-14-25-21(16-2-6-18(23)7-3-16)22(26-20)17-4-8-19(24)9-5-17;1-2-3-4/h2-9,14-15H,10-13H2,1H3;3H,2H2,1H3. The quantitative estimate of drug-likeness (QED) is 0.521. The SMILES string of the molecule is CCC=O.CN1CCC(c2cnc(-c3ccc(F)cc3)c(-c3ccc(F)cc3)n2)CC1. The zero-order chi connectivity index (χ0) is 22.2. The Balaban J connectivity index is 0.000000628. The number of halogens is 2. The van der Waals surface area contributed by atoms with Gasteiger partial charge < -0.3 is 9.69 Å². The molecule has 1 saturated heterocycles. The summed E-state index contributed by atoms with van der Waals surface area (Å²) in [5.74, 6) is -0.213. The topological polar surface area (TPSA) is 46.1 Å². The summed E-state index contributed by atoms with van der Waals surface area (Å²) < 4.78 is 26.7. The molecule has 0 N–H and O–H groups in total. The Morgan fingerprint density at radius 2 is 1.42 bits per heavy atom. The number of nitrogens with zero attached hydrogens (tertiary/aromatic N) is 3. The van der Waals surface area contributed by atoms with E-state index >= 15 is 0 Å². The lowest BCUT2D eigenvalue weighted by atomic mass is 9.93. The lowest BCUT2D eigenvalue weighted by molar-refractivity contribution is -0.107. The van der Waals surface area contributed by atoms with E-state index in [0.29, 0.717) is 23.7 Å². The molecular formula is C25H27F2N3O. The summed E-state index contributed by atoms with van der Waals surface area (Å²) in [5.41, 5.74) is 3.95. The van der Waals surface area contributed by atoms with Crippen molar-refractivity contribution in [3.63, 3.8) is 0 Å². The minimum atomic E-state index is -0.294. The van der Waals surface area contributed by atoms with Gasteiger partial charge in [-0.05, 0) is 81.5 Å². The highest BCUT2D eigenvalue weighted by atomic mass is 19.1. The molecule has 1 aliphatic heterocycles. The lowest BCUT2D eigenvalue weighted by Crippen LogP contribution is -2.29. The number of hydrogen-bond acceptors (Lipinski definition) is 4. The fraction of sp³-hybridized carbons (Fsp3) is 0.320. The molecule has 0 aliphatic carbocycles. The van der Waals surface area contributed by atoms with Crippen molar-refractivity contribution in [2.24, 2.45) is 0 Å². The number of likely N-dealkylation sites (tertiary alicyclic amines) is 1. The Morgan fingerprint density at radius 1 is 0.935 bits per heavy atom. The Hall–Kier alpha value is -2.99. The third-order valence-electron chi connectivity index (χ3n) is 5.33. The first-order valence-electron chi connectivity index (χ1n) is 10.5. The summed E-state index contributed by atoms with van der Waals surface area (Å²) >= 11 is 0. The maximum absolute atomic E-state index is 13.4. The van der Waals surface area contributed by atoms with E-state index in [1.807, 2.05) is 13.1 Å². The molecule has 0 radical (unpaired) electrons. The second-order valence-electron chi connectivity index (χ2n) is 7.66. The van der Waals surface area contributed by atoms with Crippen LogP contribution in [0, 0.1) is 11.6 Å². The number of hydrogen-bond donors (Lipinski definition) is 0. The number of aromatic nitrogens is 2. The summed E-state index contributed by atoms with van der Waals surface area (Å²) in [6.45, 7) is 3.89. The van der Waals surface area contributed by atoms with E-state index in [1.165, 1.54) is 24.3 Å². The lowest BCUT2D eigenvalue weighted by Gasteiger charge is -2.28. The van der Waals surface area contributed by atoms with E-state index < -0.39 is 0 Å². The molecule has 31 heavy (non-hydrogen) atoms. The van der Waals surface area contributed by atoms with Gasteiger partial charge in [-0.1, -0.05) is 6.92 Å². The van der Waals surface area contributed by atoms with E-state index in [1.54, 1.807) is 24.3 Å². The molecule has 4 rings (SSSR count). The van der Waals surface area contributed by atoms with Gasteiger partial charge >= 0.3 is 0 Å². The van der Waals surface area contributed by atoms with Crippen molar-refractivity contribution in [2.75, 3.05) is 20.1 Å². The number of rotatable bonds is 4. The molecule has 6 heteroatoms. The molecule has 0 spiro atoms. The molecule has 1 aliphatic rings. The summed E-state index contributed by atoms with van der Waals surface area (Å²) in [4.78, 5) is 21.1. The molecule has 162 valence electrons. The van der Waals surface area contributed by atoms with Crippen molar-refractivity contribution in [1.82, 2.24) is 14.9 Å². The Morgan fingerprint density at radius 3 is 1.90 bits per heavy atom. The molecule has 2 heterocycles. The molecule has 0 unspecified atom stereocenters. The summed E-state index contributed by atoms with van der Waals surface area (Å²) in [6, 6.07) is 12.5. The highest BCUT2D eigenvalue weighted by Crippen LogP contribution is 2.33. The highest BCUT2D eigenvalue weighted by molar-refractivity contribution is 5.77. The largest absolute Gasteiger partial charge is 0.306 e. The van der Waals surface area contributed by atoms with Gasteiger partial charge in [-0.2, -0.15) is 0 Å². The van der Waals surface area contributed by atoms with Gasteiger partial charge in [0.05, 0.1) is 17.1 Å². The van der Waals surface area contributed by atoms with Crippen LogP contribution >= 0.6 is 0 Å². The summed E-state index contributed by atoms with van der Waals surface area (Å²) in [5, 5.41) is 0. The van der Waals surface area contributed by atoms with Crippen LogP contribution in [-0.2, 0) is 4.79 Å². The Bertz CT molecular complexity index is 983. The predicted molar refractivity (Wildman–Crippen MR) is 119 cm³/mol. The summed E-state index contributed by atoms with van der Waals surface area (Å²) in [7, 11) is 2.13. The van der Waals surface area contributed by atoms with Crippen LogP contribution in [0.2, 0.25) is 0 Å². The maximum Gasteiger partial charge on any atom is 0.123 e. The molecule has 0 amide bonds. The minimum Gasteiger partial charge on any atom is -0.306 e. The first kappa shape index (κ1) is 22.7. The predicted octanol–water partition coefficient (Wildman–Crippen LogP) is 5.49. The number of carbonyl (C=O) groups excluding carboxylic acids is 1. The van der Waals surface area contributed by atoms with Crippen molar-refractivity contribution in [1.29, 1.82) is 0 Å². The van der Waals surface area contributed by atoms with Gasteiger partial charge in [-0.3, -0.25) is 4.98 Å². The van der Waals surface area contributed by atoms with Crippen LogP contribution in [0.25, 0.3) is 22.5 Å². The van der Waals surface area contributed by atoms with Crippen LogP contribution in [-0.4, -0.2) is 41.3 Å². The van der Waals surface area contributed by atoms with Crippen molar-refractivity contribution in [3.05, 3.63) is 72.1 Å². The van der Waals surface area contributed by atoms with Gasteiger partial charge in [0.2, 0.25) is 0 Å². The Labute approximate surface area is 182 Å². The Kier molecular flexibility index (Phi) is 7.95. The summed E-state index contributed by atoms with van der Waals surface area (Å²) in [6.07, 6.45) is 5.44. The van der Waals surface area contributed by atoms with Crippen LogP contribution < -0.4 is 0 Å². The molecular weight excluding hydrogens is 396 g/mol. The third kappa shape index (κ3) is 6.01. The normalized spacial score (nSPS) is 14.6. The van der Waals surface area contributed by atoms with Gasteiger partial charge in [0, 0.05) is 29.7 Å². The van der Waals surface area contributed by atoms with Crippen molar-refractivity contribution in [2.45, 2.75) is 32.1 Å². The third-order valence-corrected chi connectivity index (χ3v) is 5.33. The fourth-order valence-corrected chi connectivity index (χ4v) is 3.53. The average Bonchev–Trinajstić information content (AvgIpc) is 2.80. The van der Waals surface area contributed by atoms with Crippen molar-refractivity contribution in [3.8, 4) is 22.5 Å². The van der Waals surface area contributed by atoms with Gasteiger partial charge in [0.1, 0.15) is 17.9 Å². The van der Waals surface area contributed by atoms with Gasteiger partial charge in [0.15, 0.2) is 0 Å². The van der Waals surface area contributed by atoms with Crippen LogP contribution in [0.15, 0.2) is 54.7 Å². The number of carbonyl (C=O) groups is 1. The molecule has 0 saturated carbocycles. The van der Waals surface area contributed by atoms with Crippen LogP contribution in [0.1, 0.15) is 37.8 Å². The average molecular weight is 424 g/mol. The number of piperidine rings is 1. The second-order valence-corrected chi connectivity index (χ2v) is 7.66. The zero-order valence-electron chi connectivity index (χ0n) is 17.9. The van der Waals surface area contributed by atoms with E-state index in [9.17, 15) is 13.6 Å². The van der Waals surface area contributed by atoms with E-state index in [-0.39, 0.29) is 11.6 Å². The molecule has 3 aromatic rings. The first-order chi connectivity index (χ1) is 15.0. The zero-order valence-corrected chi connectivity index (χ0v) is 17.9. The van der Waals surface area contributed by atoms with E-state index in [0.717, 1.165) is 49.0 Å². The first-order valence-corrected chi connectivity index (χ1v) is 10.5. The molecule has 1 fully saturated rings. The van der Waals surface area contributed by atoms with Crippen LogP contribution in [0.3, 0.4) is 0 Å². The minimum absolute atomic E-state index is 0.290. The smallest absolute Gasteiger partial charge is 0.123 e. The van der Waals surface area contributed by atoms with Gasteiger partial charge in [0.25, 0.3) is 0 Å². The maximum atomic E-state index is 13.4. The number of aldehydes is 1.